The standard InChI is InChI=1S/C15H24O6/c1-6-21-15(20-5)10-12(9-11(2)16)7-8-14(15,17)13(18-3)19-4/h7-8,10,13,17H,6,9H2,1-5H3. The number of rotatable bonds is 8. The van der Waals surface area contributed by atoms with Crippen molar-refractivity contribution in [3.8, 4) is 0 Å². The lowest BCUT2D eigenvalue weighted by Crippen LogP contribution is -2.63. The zero-order valence-corrected chi connectivity index (χ0v) is 13.2. The van der Waals surface area contributed by atoms with E-state index >= 15 is 0 Å². The van der Waals surface area contributed by atoms with E-state index in [1.165, 1.54) is 34.3 Å². The molecule has 6 heteroatoms. The van der Waals surface area contributed by atoms with Crippen molar-refractivity contribution in [2.75, 3.05) is 27.9 Å². The summed E-state index contributed by atoms with van der Waals surface area (Å²) in [6, 6.07) is 0. The van der Waals surface area contributed by atoms with Gasteiger partial charge < -0.3 is 24.1 Å². The highest BCUT2D eigenvalue weighted by molar-refractivity contribution is 5.79. The lowest BCUT2D eigenvalue weighted by Gasteiger charge is -2.46. The molecule has 1 N–H and O–H groups in total. The molecule has 0 aromatic rings. The number of hydrogen-bond acceptors (Lipinski definition) is 6. The topological polar surface area (TPSA) is 74.2 Å². The summed E-state index contributed by atoms with van der Waals surface area (Å²) in [5, 5.41) is 11.0. The van der Waals surface area contributed by atoms with Gasteiger partial charge in [-0.2, -0.15) is 0 Å². The molecule has 0 saturated carbocycles. The van der Waals surface area contributed by atoms with Crippen molar-refractivity contribution in [1.82, 2.24) is 0 Å². The maximum absolute atomic E-state index is 11.3. The molecule has 1 aliphatic carbocycles. The summed E-state index contributed by atoms with van der Waals surface area (Å²) in [5.74, 6) is -1.48. The molecule has 0 bridgehead atoms. The summed E-state index contributed by atoms with van der Waals surface area (Å²) in [4.78, 5) is 11.3. The van der Waals surface area contributed by atoms with E-state index in [-0.39, 0.29) is 12.2 Å². The fourth-order valence-electron chi connectivity index (χ4n) is 2.51. The summed E-state index contributed by atoms with van der Waals surface area (Å²) in [5.41, 5.74) is -0.977. The molecule has 2 unspecified atom stereocenters. The molecule has 0 spiro atoms. The highest BCUT2D eigenvalue weighted by Gasteiger charge is 2.57. The second-order valence-electron chi connectivity index (χ2n) is 4.86. The van der Waals surface area contributed by atoms with E-state index < -0.39 is 17.7 Å². The van der Waals surface area contributed by atoms with Gasteiger partial charge >= 0.3 is 0 Å². The Hall–Kier alpha value is -1.05. The number of ether oxygens (including phenoxy) is 4. The Labute approximate surface area is 125 Å². The van der Waals surface area contributed by atoms with Crippen LogP contribution in [0.3, 0.4) is 0 Å². The van der Waals surface area contributed by atoms with Gasteiger partial charge in [-0.25, -0.2) is 0 Å². The Morgan fingerprint density at radius 3 is 2.38 bits per heavy atom. The molecule has 2 atom stereocenters. The number of ketones is 1. The maximum atomic E-state index is 11.3. The minimum atomic E-state index is -1.68. The highest BCUT2D eigenvalue weighted by atomic mass is 16.7. The Morgan fingerprint density at radius 2 is 1.95 bits per heavy atom. The van der Waals surface area contributed by atoms with Crippen LogP contribution < -0.4 is 0 Å². The van der Waals surface area contributed by atoms with E-state index in [1.54, 1.807) is 19.1 Å². The monoisotopic (exact) mass is 300 g/mol. The van der Waals surface area contributed by atoms with Gasteiger partial charge in [0.1, 0.15) is 5.78 Å². The Balaban J connectivity index is 3.30. The number of methoxy groups -OCH3 is 3. The van der Waals surface area contributed by atoms with Crippen molar-refractivity contribution in [3.05, 3.63) is 23.8 Å². The van der Waals surface area contributed by atoms with Crippen LogP contribution in [0, 0.1) is 0 Å². The van der Waals surface area contributed by atoms with E-state index in [4.69, 9.17) is 18.9 Å². The van der Waals surface area contributed by atoms with Crippen LogP contribution in [-0.4, -0.2) is 56.5 Å². The number of hydrogen-bond donors (Lipinski definition) is 1. The third kappa shape index (κ3) is 3.41. The average Bonchev–Trinajstić information content (AvgIpc) is 2.43. The molecule has 0 aromatic heterocycles. The van der Waals surface area contributed by atoms with E-state index in [9.17, 15) is 9.90 Å². The van der Waals surface area contributed by atoms with Gasteiger partial charge in [0, 0.05) is 34.4 Å². The zero-order valence-electron chi connectivity index (χ0n) is 13.2. The Kier molecular flexibility index (Phi) is 6.24. The van der Waals surface area contributed by atoms with E-state index in [0.29, 0.717) is 12.2 Å². The van der Waals surface area contributed by atoms with Crippen LogP contribution in [0.25, 0.3) is 0 Å². The molecule has 0 saturated heterocycles. The van der Waals surface area contributed by atoms with E-state index in [2.05, 4.69) is 0 Å². The fourth-order valence-corrected chi connectivity index (χ4v) is 2.51. The smallest absolute Gasteiger partial charge is 0.226 e. The molecule has 6 nitrogen and oxygen atoms in total. The first kappa shape index (κ1) is 18.0. The second kappa shape index (κ2) is 7.29. The van der Waals surface area contributed by atoms with E-state index in [0.717, 1.165) is 0 Å². The van der Waals surface area contributed by atoms with Crippen LogP contribution in [0.2, 0.25) is 0 Å². The number of carbonyl (C=O) groups is 1. The van der Waals surface area contributed by atoms with Crippen LogP contribution in [-0.2, 0) is 23.7 Å². The normalized spacial score (nSPS) is 28.8. The van der Waals surface area contributed by atoms with Crippen LogP contribution in [0.1, 0.15) is 20.3 Å². The van der Waals surface area contributed by atoms with Gasteiger partial charge in [-0.05, 0) is 31.6 Å². The number of carbonyl (C=O) groups excluding carboxylic acids is 1. The molecular formula is C15H24O6. The molecule has 0 aromatic carbocycles. The molecule has 1 aliphatic rings. The van der Waals surface area contributed by atoms with Crippen molar-refractivity contribution in [2.45, 2.75) is 37.9 Å². The molecule has 1 rings (SSSR count). The lowest BCUT2D eigenvalue weighted by molar-refractivity contribution is -0.327. The number of allylic oxidation sites excluding steroid dienone is 2. The predicted octanol–water partition coefficient (Wildman–Crippen LogP) is 1.19. The fraction of sp³-hybridized carbons (Fsp3) is 0.667. The molecule has 0 aliphatic heterocycles. The average molecular weight is 300 g/mol. The third-order valence-corrected chi connectivity index (χ3v) is 3.39. The van der Waals surface area contributed by atoms with Crippen LogP contribution in [0.4, 0.5) is 0 Å². The summed E-state index contributed by atoms with van der Waals surface area (Å²) in [6.07, 6.45) is 3.98. The highest BCUT2D eigenvalue weighted by Crippen LogP contribution is 2.39. The van der Waals surface area contributed by atoms with Gasteiger partial charge in [-0.3, -0.25) is 4.79 Å². The van der Waals surface area contributed by atoms with Gasteiger partial charge in [0.05, 0.1) is 0 Å². The van der Waals surface area contributed by atoms with Crippen molar-refractivity contribution in [2.24, 2.45) is 0 Å². The summed E-state index contributed by atoms with van der Waals surface area (Å²) >= 11 is 0. The van der Waals surface area contributed by atoms with Crippen molar-refractivity contribution < 1.29 is 28.8 Å². The first-order valence-corrected chi connectivity index (χ1v) is 6.76. The largest absolute Gasteiger partial charge is 0.375 e. The molecule has 0 radical (unpaired) electrons. The van der Waals surface area contributed by atoms with Gasteiger partial charge in [0.15, 0.2) is 11.9 Å². The van der Waals surface area contributed by atoms with Crippen molar-refractivity contribution >= 4 is 5.78 Å². The molecule has 0 fully saturated rings. The lowest BCUT2D eigenvalue weighted by atomic mass is 9.83. The summed E-state index contributed by atoms with van der Waals surface area (Å²) in [6.45, 7) is 3.58. The third-order valence-electron chi connectivity index (χ3n) is 3.39. The molecule has 0 heterocycles. The quantitative estimate of drug-likeness (QED) is 0.679. The van der Waals surface area contributed by atoms with Gasteiger partial charge in [-0.15, -0.1) is 0 Å². The van der Waals surface area contributed by atoms with E-state index in [1.807, 2.05) is 0 Å². The van der Waals surface area contributed by atoms with Gasteiger partial charge in [-0.1, -0.05) is 6.08 Å². The van der Waals surface area contributed by atoms with Gasteiger partial charge in [0.25, 0.3) is 0 Å². The van der Waals surface area contributed by atoms with Crippen molar-refractivity contribution in [3.63, 3.8) is 0 Å². The predicted molar refractivity (Wildman–Crippen MR) is 76.6 cm³/mol. The van der Waals surface area contributed by atoms with Crippen LogP contribution in [0.5, 0.6) is 0 Å². The Bertz CT molecular complexity index is 426. The minimum Gasteiger partial charge on any atom is -0.375 e. The first-order valence-electron chi connectivity index (χ1n) is 6.76. The first-order chi connectivity index (χ1) is 9.89. The van der Waals surface area contributed by atoms with Crippen LogP contribution >= 0.6 is 0 Å². The SMILES string of the molecule is CCOC1(OC)C=C(CC(C)=O)C=CC1(O)C(OC)OC. The molecule has 21 heavy (non-hydrogen) atoms. The zero-order chi connectivity index (χ0) is 16.1. The molecule has 0 amide bonds. The number of Topliss-reactive ketones (excluding diaryl/α,β-unsaturated/α-hetero) is 1. The number of aliphatic hydroxyl groups is 1. The van der Waals surface area contributed by atoms with Gasteiger partial charge in [0.2, 0.25) is 5.79 Å². The summed E-state index contributed by atoms with van der Waals surface area (Å²) in [7, 11) is 4.26. The Morgan fingerprint density at radius 1 is 1.33 bits per heavy atom. The summed E-state index contributed by atoms with van der Waals surface area (Å²) < 4.78 is 21.5. The second-order valence-corrected chi connectivity index (χ2v) is 4.86. The molecular weight excluding hydrogens is 276 g/mol. The van der Waals surface area contributed by atoms with Crippen LogP contribution in [0.15, 0.2) is 23.8 Å². The van der Waals surface area contributed by atoms with Crippen molar-refractivity contribution in [1.29, 1.82) is 0 Å². The maximum Gasteiger partial charge on any atom is 0.226 e. The minimum absolute atomic E-state index is 0.00729. The molecule has 120 valence electrons.